The molecule has 0 aromatic heterocycles. The van der Waals surface area contributed by atoms with E-state index in [2.05, 4.69) is 54.5 Å². The highest BCUT2D eigenvalue weighted by Crippen LogP contribution is 2.76. The number of rotatable bonds is 18. The van der Waals surface area contributed by atoms with Crippen LogP contribution in [0.25, 0.3) is 0 Å². The zero-order chi connectivity index (χ0) is 77.3. The topological polar surface area (TPSA) is 551 Å². The molecule has 42 atom stereocenters. The summed E-state index contributed by atoms with van der Waals surface area (Å²) in [5, 5.41) is 218. The first-order valence-corrected chi connectivity index (χ1v) is 37.5. The van der Waals surface area contributed by atoms with Gasteiger partial charge in [-0.15, -0.1) is 0 Å². The van der Waals surface area contributed by atoms with E-state index in [1.807, 2.05) is 0 Å². The number of esters is 1. The second-order valence-electron chi connectivity index (χ2n) is 34.3. The molecule has 0 spiro atoms. The summed E-state index contributed by atoms with van der Waals surface area (Å²) in [5.41, 5.74) is -1.95. The van der Waals surface area contributed by atoms with Crippen molar-refractivity contribution >= 4 is 5.97 Å². The van der Waals surface area contributed by atoms with Crippen LogP contribution in [0.1, 0.15) is 127 Å². The van der Waals surface area contributed by atoms with Gasteiger partial charge in [-0.3, -0.25) is 4.79 Å². The molecule has 0 radical (unpaired) electrons. The number of allylic oxidation sites excluding steroid dienone is 2. The zero-order valence-electron chi connectivity index (χ0n) is 61.2. The molecule has 0 amide bonds. The van der Waals surface area contributed by atoms with Crippen LogP contribution in [-0.2, 0) is 71.1 Å². The Balaban J connectivity index is 0.744. The molecule has 7 heterocycles. The molecule has 5 aliphatic carbocycles. The molecular formula is C71H116O35. The average molecular weight is 1530 g/mol. The molecule has 0 bridgehead atoms. The van der Waals surface area contributed by atoms with Crippen LogP contribution in [0, 0.1) is 50.2 Å². The van der Waals surface area contributed by atoms with Gasteiger partial charge in [0.1, 0.15) is 153 Å². The largest absolute Gasteiger partial charge is 0.432 e. The Labute approximate surface area is 613 Å². The van der Waals surface area contributed by atoms with Crippen LogP contribution in [0.5, 0.6) is 0 Å². The molecule has 610 valence electrons. The van der Waals surface area contributed by atoms with Crippen LogP contribution in [0.3, 0.4) is 0 Å². The number of ether oxygens (including phenoxy) is 14. The third-order valence-electron chi connectivity index (χ3n) is 27.3. The van der Waals surface area contributed by atoms with E-state index in [1.54, 1.807) is 0 Å². The number of carbonyl (C=O) groups excluding carboxylic acids is 1. The Morgan fingerprint density at radius 2 is 0.943 bits per heavy atom. The Kier molecular flexibility index (Phi) is 24.8. The van der Waals surface area contributed by atoms with E-state index in [9.17, 15) is 102 Å². The number of carbonyl (C=O) groups is 1. The Morgan fingerprint density at radius 1 is 0.443 bits per heavy atom. The van der Waals surface area contributed by atoms with Crippen LogP contribution in [0.15, 0.2) is 11.6 Å². The molecule has 0 aromatic rings. The van der Waals surface area contributed by atoms with Gasteiger partial charge in [0.15, 0.2) is 37.7 Å². The van der Waals surface area contributed by atoms with Crippen LogP contribution in [0.4, 0.5) is 0 Å². The lowest BCUT2D eigenvalue weighted by Crippen LogP contribution is -2.67. The predicted octanol–water partition coefficient (Wildman–Crippen LogP) is -5.87. The smallest absolute Gasteiger partial charge is 0.315 e. The maximum Gasteiger partial charge on any atom is 0.315 e. The molecule has 7 aliphatic heterocycles. The minimum Gasteiger partial charge on any atom is -0.432 e. The van der Waals surface area contributed by atoms with Crippen molar-refractivity contribution < 1.29 is 173 Å². The van der Waals surface area contributed by atoms with E-state index in [4.69, 9.17) is 66.3 Å². The van der Waals surface area contributed by atoms with Crippen molar-refractivity contribution in [1.29, 1.82) is 0 Å². The molecule has 0 unspecified atom stereocenters. The summed E-state index contributed by atoms with van der Waals surface area (Å²) >= 11 is 0. The molecule has 20 N–H and O–H groups in total. The van der Waals surface area contributed by atoms with Crippen LogP contribution >= 0.6 is 0 Å². The van der Waals surface area contributed by atoms with Crippen LogP contribution < -0.4 is 0 Å². The summed E-state index contributed by atoms with van der Waals surface area (Å²) in [6, 6.07) is 0. The maximum atomic E-state index is 15.4. The molecular weight excluding hydrogens is 1410 g/mol. The maximum absolute atomic E-state index is 15.4. The van der Waals surface area contributed by atoms with Crippen molar-refractivity contribution in [3.05, 3.63) is 11.6 Å². The fourth-order valence-corrected chi connectivity index (χ4v) is 20.4. The second kappa shape index (κ2) is 31.6. The first-order valence-electron chi connectivity index (χ1n) is 37.5. The standard InChI is InChI=1S/C71H116O35/c1-26-38(75)44(81)49(86)59(95-26)103-55-32(23-74)99-58(53(90)48(55)85)93-24-33-42(79)47(84)52(89)62(100-33)106-65(92)71-18-16-66(3,4)20-29(71)28-10-11-36-68(7)14-13-37(67(5,6)35(68)12-15-70(36,9)69(28,8)17-19-71)102-64-57(43(80)34(25-94-64)101-60-50(87)45(82)40(77)30(21-72)97-60)105-63-54(91)56(39(76)27(2)96-63)104-61-51(88)46(83)41(78)31(22-73)98-61/h10,26-27,29-64,72-91H,11-25H2,1-9H3/t26-,27-,29-,30+,31+,32+,33+,34-,35-,36+,37-,38-,39-,40+,41+,42+,43-,44+,45-,46-,47-,48+,49+,50+,51+,52+,53+,54+,55+,56+,57+,58+,59-,60-,61-,62-,63-,64-,68-,69+,70+,71-/m0/s1. The van der Waals surface area contributed by atoms with Gasteiger partial charge >= 0.3 is 5.97 Å². The Morgan fingerprint density at radius 3 is 1.56 bits per heavy atom. The van der Waals surface area contributed by atoms with Gasteiger partial charge in [-0.1, -0.05) is 60.1 Å². The van der Waals surface area contributed by atoms with Crippen LogP contribution in [-0.4, -0.2) is 356 Å². The Bertz CT molecular complexity index is 3000. The highest BCUT2D eigenvalue weighted by Gasteiger charge is 2.71. The minimum absolute atomic E-state index is 0.000454. The van der Waals surface area contributed by atoms with Crippen molar-refractivity contribution in [2.75, 3.05) is 33.0 Å². The monoisotopic (exact) mass is 1530 g/mol. The lowest BCUT2D eigenvalue weighted by molar-refractivity contribution is -0.391. The highest BCUT2D eigenvalue weighted by atomic mass is 16.8. The zero-order valence-corrected chi connectivity index (χ0v) is 61.2. The molecule has 106 heavy (non-hydrogen) atoms. The fraction of sp³-hybridized carbons (Fsp3) is 0.958. The van der Waals surface area contributed by atoms with Crippen LogP contribution in [0.2, 0.25) is 0 Å². The van der Waals surface area contributed by atoms with Crippen molar-refractivity contribution in [3.63, 3.8) is 0 Å². The molecule has 4 saturated carbocycles. The first kappa shape index (κ1) is 83.3. The molecule has 0 aromatic carbocycles. The van der Waals surface area contributed by atoms with E-state index in [0.717, 1.165) is 18.4 Å². The van der Waals surface area contributed by atoms with Crippen molar-refractivity contribution in [1.82, 2.24) is 0 Å². The van der Waals surface area contributed by atoms with E-state index >= 15 is 4.79 Å². The number of fused-ring (bicyclic) bond motifs is 7. The van der Waals surface area contributed by atoms with Gasteiger partial charge in [0, 0.05) is 0 Å². The van der Waals surface area contributed by atoms with Gasteiger partial charge in [-0.25, -0.2) is 0 Å². The quantitative estimate of drug-likeness (QED) is 0.0345. The summed E-state index contributed by atoms with van der Waals surface area (Å²) in [6.07, 6.45) is -49.6. The predicted molar refractivity (Wildman–Crippen MR) is 352 cm³/mol. The highest BCUT2D eigenvalue weighted by molar-refractivity contribution is 5.79. The molecule has 7 saturated heterocycles. The van der Waals surface area contributed by atoms with Gasteiger partial charge in [-0.05, 0) is 123 Å². The van der Waals surface area contributed by atoms with Gasteiger partial charge < -0.3 is 168 Å². The normalized spacial score (nSPS) is 54.6. The lowest BCUT2D eigenvalue weighted by Gasteiger charge is -2.71. The van der Waals surface area contributed by atoms with Gasteiger partial charge in [0.05, 0.1) is 56.8 Å². The number of hydrogen-bond donors (Lipinski definition) is 20. The van der Waals surface area contributed by atoms with E-state index in [-0.39, 0.29) is 34.0 Å². The third-order valence-corrected chi connectivity index (χ3v) is 27.3. The lowest BCUT2D eigenvalue weighted by atomic mass is 9.33. The molecule has 12 aliphatic rings. The number of aliphatic hydroxyl groups is 20. The third kappa shape index (κ3) is 14.6. The number of hydrogen-bond acceptors (Lipinski definition) is 35. The van der Waals surface area contributed by atoms with Gasteiger partial charge in [0.25, 0.3) is 0 Å². The summed E-state index contributed by atoms with van der Waals surface area (Å²) in [5.74, 6) is -0.894. The van der Waals surface area contributed by atoms with Crippen molar-refractivity contribution in [3.8, 4) is 0 Å². The summed E-state index contributed by atoms with van der Waals surface area (Å²) in [7, 11) is 0. The second-order valence-corrected chi connectivity index (χ2v) is 34.3. The molecule has 11 fully saturated rings. The SMILES string of the molecule is C[C@@H]1O[C@@H](O[C@H]2[C@H](O)[C@@H](O)[C@H](OC[C@H]3O[C@@H](OC(=O)[C@]45CCC(C)(C)C[C@H]4C4=CC[C@@H]6[C@@]7(C)CC[C@H](O[C@@H]8OC[C@H](O[C@@H]9O[C@H](CO)[C@@H](O)[C@H](O)[C@H]9O)[C@H](O)[C@H]8O[C@@H]8O[C@@H](C)[C@H](O)[C@@H](O[C@@H]9O[C@H](CO)[C@@H](O)[C@H](O)[C@H]9O)[C@H]8O)C(C)(C)[C@@H]7CC[C@@]6(C)[C@]4(C)CC5)[C@H](O)[C@@H](O)[C@@H]3O)O[C@@H]2CO)[C@H](O)[C@H](O)[C@H]1O. The fourth-order valence-electron chi connectivity index (χ4n) is 20.4. The Hall–Kier alpha value is -2.11. The average Bonchev–Trinajstić information content (AvgIpc) is 0.674. The first-order chi connectivity index (χ1) is 49.7. The van der Waals surface area contributed by atoms with Gasteiger partial charge in [0.2, 0.25) is 6.29 Å². The summed E-state index contributed by atoms with van der Waals surface area (Å²) < 4.78 is 84.2. The molecule has 35 heteroatoms. The van der Waals surface area contributed by atoms with E-state index in [0.29, 0.717) is 51.4 Å². The summed E-state index contributed by atoms with van der Waals surface area (Å²) in [4.78, 5) is 15.4. The van der Waals surface area contributed by atoms with E-state index in [1.165, 1.54) is 13.8 Å². The minimum atomic E-state index is -1.96. The van der Waals surface area contributed by atoms with Crippen molar-refractivity contribution in [2.24, 2.45) is 50.2 Å². The van der Waals surface area contributed by atoms with E-state index < -0.39 is 270 Å². The van der Waals surface area contributed by atoms with Crippen molar-refractivity contribution in [2.45, 2.75) is 341 Å². The summed E-state index contributed by atoms with van der Waals surface area (Å²) in [6.45, 7) is 14.9. The molecule has 35 nitrogen and oxygen atoms in total. The van der Waals surface area contributed by atoms with Gasteiger partial charge in [-0.2, -0.15) is 0 Å². The molecule has 12 rings (SSSR count). The number of aliphatic hydroxyl groups excluding tert-OH is 20.